The maximum absolute atomic E-state index is 5.42. The van der Waals surface area contributed by atoms with Gasteiger partial charge in [0, 0.05) is 12.1 Å². The summed E-state index contributed by atoms with van der Waals surface area (Å²) in [5, 5.41) is 4.10. The van der Waals surface area contributed by atoms with Crippen LogP contribution in [0.25, 0.3) is 11.4 Å². The van der Waals surface area contributed by atoms with Crippen LogP contribution in [0, 0.1) is 0 Å². The fourth-order valence-corrected chi connectivity index (χ4v) is 2.90. The maximum atomic E-state index is 5.42. The molecule has 1 heterocycles. The molecule has 0 atom stereocenters. The predicted molar refractivity (Wildman–Crippen MR) is 104 cm³/mol. The Balaban J connectivity index is 1.64. The summed E-state index contributed by atoms with van der Waals surface area (Å²) in [7, 11) is 5.28. The lowest BCUT2D eigenvalue weighted by Gasteiger charge is -2.15. The molecule has 1 aromatic heterocycles. The van der Waals surface area contributed by atoms with E-state index in [-0.39, 0.29) is 0 Å². The van der Waals surface area contributed by atoms with Crippen LogP contribution in [0.15, 0.2) is 47.0 Å². The van der Waals surface area contributed by atoms with E-state index in [0.29, 0.717) is 18.3 Å². The average Bonchev–Trinajstić information content (AvgIpc) is 3.16. The molecule has 0 amide bonds. The van der Waals surface area contributed by atoms with Crippen LogP contribution in [-0.4, -0.2) is 36.3 Å². The number of benzene rings is 2. The normalized spacial score (nSPS) is 11.0. The van der Waals surface area contributed by atoms with Gasteiger partial charge in [-0.15, -0.1) is 0 Å². The molecule has 0 saturated heterocycles. The summed E-state index contributed by atoms with van der Waals surface area (Å²) in [4.78, 5) is 6.62. The number of hydrogen-bond donors (Lipinski definition) is 0. The van der Waals surface area contributed by atoms with Crippen molar-refractivity contribution in [1.29, 1.82) is 0 Å². The number of aromatic nitrogens is 2. The molecule has 0 saturated carbocycles. The van der Waals surface area contributed by atoms with Gasteiger partial charge < -0.3 is 14.0 Å². The van der Waals surface area contributed by atoms with Crippen LogP contribution in [0.3, 0.4) is 0 Å². The fraction of sp³-hybridized carbons (Fsp3) is 0.333. The van der Waals surface area contributed by atoms with Crippen molar-refractivity contribution in [3.05, 3.63) is 59.5 Å². The van der Waals surface area contributed by atoms with E-state index in [1.165, 1.54) is 5.56 Å². The van der Waals surface area contributed by atoms with Crippen molar-refractivity contribution in [2.75, 3.05) is 21.3 Å². The second-order valence-electron chi connectivity index (χ2n) is 6.42. The molecular formula is C21H25N3O3. The van der Waals surface area contributed by atoms with Crippen LogP contribution in [-0.2, 0) is 19.5 Å². The Kier molecular flexibility index (Phi) is 6.08. The van der Waals surface area contributed by atoms with Crippen molar-refractivity contribution >= 4 is 0 Å². The zero-order chi connectivity index (χ0) is 19.2. The molecule has 0 bridgehead atoms. The molecule has 0 N–H and O–H groups in total. The summed E-state index contributed by atoms with van der Waals surface area (Å²) in [5.41, 5.74) is 3.37. The molecule has 2 aromatic carbocycles. The van der Waals surface area contributed by atoms with Gasteiger partial charge in [-0.05, 0) is 36.7 Å². The lowest BCUT2D eigenvalue weighted by atomic mass is 10.1. The van der Waals surface area contributed by atoms with Gasteiger partial charge >= 0.3 is 0 Å². The lowest BCUT2D eigenvalue weighted by Crippen LogP contribution is -2.17. The van der Waals surface area contributed by atoms with E-state index in [4.69, 9.17) is 14.0 Å². The van der Waals surface area contributed by atoms with Crippen molar-refractivity contribution in [3.8, 4) is 22.9 Å². The van der Waals surface area contributed by atoms with Crippen LogP contribution in [0.1, 0.15) is 23.9 Å². The Labute approximate surface area is 159 Å². The van der Waals surface area contributed by atoms with E-state index in [2.05, 4.69) is 34.1 Å². The molecule has 0 radical (unpaired) electrons. The quantitative estimate of drug-likeness (QED) is 0.601. The zero-order valence-electron chi connectivity index (χ0n) is 16.2. The molecular weight excluding hydrogens is 342 g/mol. The van der Waals surface area contributed by atoms with Crippen molar-refractivity contribution in [2.24, 2.45) is 0 Å². The van der Waals surface area contributed by atoms with Gasteiger partial charge in [0.2, 0.25) is 11.7 Å². The van der Waals surface area contributed by atoms with Gasteiger partial charge in [-0.25, -0.2) is 0 Å². The van der Waals surface area contributed by atoms with Gasteiger partial charge in [-0.1, -0.05) is 42.4 Å². The minimum atomic E-state index is 0.564. The van der Waals surface area contributed by atoms with E-state index in [9.17, 15) is 0 Å². The molecule has 0 unspecified atom stereocenters. The topological polar surface area (TPSA) is 60.6 Å². The highest BCUT2D eigenvalue weighted by molar-refractivity contribution is 5.54. The van der Waals surface area contributed by atoms with E-state index in [1.54, 1.807) is 14.2 Å². The number of rotatable bonds is 8. The summed E-state index contributed by atoms with van der Waals surface area (Å²) in [6.07, 6.45) is 1.01. The summed E-state index contributed by atoms with van der Waals surface area (Å²) in [6, 6.07) is 14.1. The molecule has 0 aliphatic heterocycles. The molecule has 0 aliphatic rings. The van der Waals surface area contributed by atoms with Crippen LogP contribution in [0.2, 0.25) is 0 Å². The van der Waals surface area contributed by atoms with Gasteiger partial charge in [-0.3, -0.25) is 4.90 Å². The third-order valence-electron chi connectivity index (χ3n) is 4.39. The van der Waals surface area contributed by atoms with Gasteiger partial charge in [-0.2, -0.15) is 4.98 Å². The molecule has 0 fully saturated rings. The Hall–Kier alpha value is -2.86. The van der Waals surface area contributed by atoms with Gasteiger partial charge in [0.15, 0.2) is 11.5 Å². The van der Waals surface area contributed by atoms with Crippen LogP contribution < -0.4 is 9.47 Å². The smallest absolute Gasteiger partial charge is 0.241 e. The Bertz CT molecular complexity index is 875. The number of aryl methyl sites for hydroxylation is 1. The molecule has 0 spiro atoms. The molecule has 0 aliphatic carbocycles. The molecule has 6 nitrogen and oxygen atoms in total. The Morgan fingerprint density at radius 3 is 2.30 bits per heavy atom. The van der Waals surface area contributed by atoms with Crippen molar-refractivity contribution in [3.63, 3.8) is 0 Å². The van der Waals surface area contributed by atoms with Crippen molar-refractivity contribution < 1.29 is 14.0 Å². The first kappa shape index (κ1) is 18.9. The third kappa shape index (κ3) is 4.65. The predicted octanol–water partition coefficient (Wildman–Crippen LogP) is 3.95. The molecule has 27 heavy (non-hydrogen) atoms. The number of nitrogens with zero attached hydrogens (tertiary/aromatic N) is 3. The second-order valence-corrected chi connectivity index (χ2v) is 6.42. The number of methoxy groups -OCH3 is 2. The standard InChI is InChI=1S/C21H25N3O3/c1-5-15-6-9-17(10-7-15)21-22-20(27-23-21)14-24(2)13-16-8-11-18(25-3)19(12-16)26-4/h6-12H,5,13-14H2,1-4H3. The first-order valence-electron chi connectivity index (χ1n) is 8.94. The number of hydrogen-bond acceptors (Lipinski definition) is 6. The first-order chi connectivity index (χ1) is 13.1. The SMILES string of the molecule is CCc1ccc(-c2noc(CN(C)Cc3ccc(OC)c(OC)c3)n2)cc1. The highest BCUT2D eigenvalue weighted by atomic mass is 16.5. The molecule has 3 aromatic rings. The third-order valence-corrected chi connectivity index (χ3v) is 4.39. The maximum Gasteiger partial charge on any atom is 0.241 e. The van der Waals surface area contributed by atoms with Crippen molar-refractivity contribution in [1.82, 2.24) is 15.0 Å². The molecule has 142 valence electrons. The van der Waals surface area contributed by atoms with Crippen LogP contribution in [0.5, 0.6) is 11.5 Å². The van der Waals surface area contributed by atoms with E-state index < -0.39 is 0 Å². The van der Waals surface area contributed by atoms with E-state index >= 15 is 0 Å². The monoisotopic (exact) mass is 367 g/mol. The van der Waals surface area contributed by atoms with E-state index in [1.807, 2.05) is 37.4 Å². The minimum absolute atomic E-state index is 0.564. The highest BCUT2D eigenvalue weighted by Crippen LogP contribution is 2.28. The molecule has 6 heteroatoms. The number of ether oxygens (including phenoxy) is 2. The van der Waals surface area contributed by atoms with Gasteiger partial charge in [0.05, 0.1) is 20.8 Å². The Morgan fingerprint density at radius 2 is 1.63 bits per heavy atom. The fourth-order valence-electron chi connectivity index (χ4n) is 2.90. The molecule has 3 rings (SSSR count). The first-order valence-corrected chi connectivity index (χ1v) is 8.94. The van der Waals surface area contributed by atoms with E-state index in [0.717, 1.165) is 35.6 Å². The van der Waals surface area contributed by atoms with Crippen LogP contribution in [0.4, 0.5) is 0 Å². The zero-order valence-corrected chi connectivity index (χ0v) is 16.2. The average molecular weight is 367 g/mol. The van der Waals surface area contributed by atoms with Gasteiger partial charge in [0.1, 0.15) is 0 Å². The second kappa shape index (κ2) is 8.68. The summed E-state index contributed by atoms with van der Waals surface area (Å²) < 4.78 is 16.1. The van der Waals surface area contributed by atoms with Crippen LogP contribution >= 0.6 is 0 Å². The highest BCUT2D eigenvalue weighted by Gasteiger charge is 2.12. The van der Waals surface area contributed by atoms with Crippen molar-refractivity contribution in [2.45, 2.75) is 26.4 Å². The summed E-state index contributed by atoms with van der Waals surface area (Å²) in [5.74, 6) is 2.65. The largest absolute Gasteiger partial charge is 0.493 e. The summed E-state index contributed by atoms with van der Waals surface area (Å²) >= 11 is 0. The Morgan fingerprint density at radius 1 is 0.926 bits per heavy atom. The minimum Gasteiger partial charge on any atom is -0.493 e. The lowest BCUT2D eigenvalue weighted by molar-refractivity contribution is 0.260. The van der Waals surface area contributed by atoms with Gasteiger partial charge in [0.25, 0.3) is 0 Å². The summed E-state index contributed by atoms with van der Waals surface area (Å²) in [6.45, 7) is 3.42.